The van der Waals surface area contributed by atoms with Crippen molar-refractivity contribution >= 4 is 5.78 Å². The first-order valence-corrected chi connectivity index (χ1v) is 6.13. The van der Waals surface area contributed by atoms with E-state index in [-0.39, 0.29) is 12.4 Å². The molecule has 1 aliphatic rings. The Balaban J connectivity index is 2.42. The first kappa shape index (κ1) is 13.7. The number of carbonyl (C=O) groups excluding carboxylic acids is 1. The number of carbonyl (C=O) groups is 1. The first-order valence-electron chi connectivity index (χ1n) is 6.13. The summed E-state index contributed by atoms with van der Waals surface area (Å²) >= 11 is 0. The van der Waals surface area contributed by atoms with E-state index in [2.05, 4.69) is 19.1 Å². The van der Waals surface area contributed by atoms with E-state index in [1.807, 2.05) is 18.2 Å². The topological polar surface area (TPSA) is 37.3 Å². The maximum Gasteiger partial charge on any atom is 0.182 e. The van der Waals surface area contributed by atoms with Crippen LogP contribution in [-0.4, -0.2) is 17.5 Å². The highest BCUT2D eigenvalue weighted by atomic mass is 16.3. The molecule has 0 spiro atoms. The van der Waals surface area contributed by atoms with Gasteiger partial charge < -0.3 is 5.11 Å². The van der Waals surface area contributed by atoms with Crippen molar-refractivity contribution in [3.63, 3.8) is 0 Å². The van der Waals surface area contributed by atoms with E-state index >= 15 is 0 Å². The van der Waals surface area contributed by atoms with Crippen molar-refractivity contribution in [2.24, 2.45) is 0 Å². The molecule has 92 valence electrons. The van der Waals surface area contributed by atoms with Gasteiger partial charge in [-0.15, -0.1) is 0 Å². The molecule has 2 nitrogen and oxygen atoms in total. The van der Waals surface area contributed by atoms with Crippen molar-refractivity contribution in [2.45, 2.75) is 32.6 Å². The summed E-state index contributed by atoms with van der Waals surface area (Å²) < 4.78 is 0. The van der Waals surface area contributed by atoms with E-state index in [0.29, 0.717) is 12.8 Å². The maximum atomic E-state index is 11.6. The van der Waals surface area contributed by atoms with E-state index in [0.717, 1.165) is 24.0 Å². The van der Waals surface area contributed by atoms with Gasteiger partial charge in [0.15, 0.2) is 5.78 Å². The summed E-state index contributed by atoms with van der Waals surface area (Å²) in [5.74, 6) is 0.0854. The molecule has 0 saturated carbocycles. The molecule has 0 aromatic heterocycles. The van der Waals surface area contributed by atoms with E-state index in [1.54, 1.807) is 6.08 Å². The van der Waals surface area contributed by atoms with Gasteiger partial charge in [0, 0.05) is 12.2 Å². The van der Waals surface area contributed by atoms with Gasteiger partial charge in [-0.2, -0.15) is 0 Å². The number of allylic oxidation sites excluding steroid dienone is 7. The van der Waals surface area contributed by atoms with Gasteiger partial charge in [0.1, 0.15) is 0 Å². The fourth-order valence-corrected chi connectivity index (χ4v) is 1.71. The number of hydrogen-bond acceptors (Lipinski definition) is 2. The largest absolute Gasteiger partial charge is 0.396 e. The molecule has 0 saturated heterocycles. The minimum absolute atomic E-state index is 0.0854. The van der Waals surface area contributed by atoms with Gasteiger partial charge in [-0.3, -0.25) is 4.79 Å². The second-order valence-corrected chi connectivity index (χ2v) is 4.05. The van der Waals surface area contributed by atoms with Crippen LogP contribution in [0.15, 0.2) is 47.6 Å². The lowest BCUT2D eigenvalue weighted by Gasteiger charge is -1.96. The second-order valence-electron chi connectivity index (χ2n) is 4.05. The molecule has 0 amide bonds. The minimum Gasteiger partial charge on any atom is -0.396 e. The third-order valence-electron chi connectivity index (χ3n) is 2.61. The molecule has 0 aliphatic heterocycles. The Kier molecular flexibility index (Phi) is 6.26. The van der Waals surface area contributed by atoms with E-state index in [9.17, 15) is 4.79 Å². The molecule has 0 unspecified atom stereocenters. The van der Waals surface area contributed by atoms with Crippen LogP contribution in [0.2, 0.25) is 0 Å². The lowest BCUT2D eigenvalue weighted by Crippen LogP contribution is -1.89. The molecule has 0 aromatic carbocycles. The van der Waals surface area contributed by atoms with Crippen molar-refractivity contribution in [3.05, 3.63) is 47.6 Å². The molecular weight excluding hydrogens is 212 g/mol. The fourth-order valence-electron chi connectivity index (χ4n) is 1.71. The highest BCUT2D eigenvalue weighted by molar-refractivity contribution is 6.07. The van der Waals surface area contributed by atoms with Crippen LogP contribution < -0.4 is 0 Å². The molecular formula is C15H20O2. The normalized spacial score (nSPS) is 18.8. The Morgan fingerprint density at radius 2 is 2.18 bits per heavy atom. The molecule has 2 heteroatoms. The van der Waals surface area contributed by atoms with Crippen LogP contribution >= 0.6 is 0 Å². The first-order chi connectivity index (χ1) is 8.27. The minimum atomic E-state index is 0.0854. The molecule has 0 fully saturated rings. The molecule has 0 bridgehead atoms. The summed E-state index contributed by atoms with van der Waals surface area (Å²) in [6.45, 7) is 2.22. The summed E-state index contributed by atoms with van der Waals surface area (Å²) in [6, 6.07) is 0. The van der Waals surface area contributed by atoms with Crippen molar-refractivity contribution in [3.8, 4) is 0 Å². The Morgan fingerprint density at radius 1 is 1.35 bits per heavy atom. The Morgan fingerprint density at radius 3 is 2.88 bits per heavy atom. The number of rotatable bonds is 6. The Hall–Kier alpha value is -1.41. The summed E-state index contributed by atoms with van der Waals surface area (Å²) in [5, 5.41) is 8.80. The van der Waals surface area contributed by atoms with Gasteiger partial charge >= 0.3 is 0 Å². The zero-order valence-electron chi connectivity index (χ0n) is 10.4. The van der Waals surface area contributed by atoms with Crippen molar-refractivity contribution in [1.29, 1.82) is 0 Å². The summed E-state index contributed by atoms with van der Waals surface area (Å²) in [5.41, 5.74) is 1.85. The Bertz CT molecular complexity index is 370. The molecule has 1 rings (SSSR count). The zero-order valence-corrected chi connectivity index (χ0v) is 10.4. The quantitative estimate of drug-likeness (QED) is 0.564. The fraction of sp³-hybridized carbons (Fsp3) is 0.400. The van der Waals surface area contributed by atoms with Crippen LogP contribution in [-0.2, 0) is 4.79 Å². The highest BCUT2D eigenvalue weighted by Gasteiger charge is 2.16. The molecule has 0 aromatic rings. The van der Waals surface area contributed by atoms with Gasteiger partial charge in [-0.05, 0) is 31.8 Å². The average molecular weight is 232 g/mol. The summed E-state index contributed by atoms with van der Waals surface area (Å²) in [6.07, 6.45) is 15.0. The monoisotopic (exact) mass is 232 g/mol. The highest BCUT2D eigenvalue weighted by Crippen LogP contribution is 2.23. The smallest absolute Gasteiger partial charge is 0.182 e. The van der Waals surface area contributed by atoms with Crippen molar-refractivity contribution in [2.75, 3.05) is 6.61 Å². The third-order valence-corrected chi connectivity index (χ3v) is 2.61. The van der Waals surface area contributed by atoms with Crippen LogP contribution in [0.3, 0.4) is 0 Å². The Labute approximate surface area is 103 Å². The van der Waals surface area contributed by atoms with Crippen LogP contribution in [0.4, 0.5) is 0 Å². The predicted octanol–water partition coefficient (Wildman–Crippen LogP) is 3.11. The lowest BCUT2D eigenvalue weighted by atomic mass is 10.1. The van der Waals surface area contributed by atoms with Crippen molar-refractivity contribution < 1.29 is 9.90 Å². The number of aliphatic hydroxyl groups is 1. The molecule has 1 aliphatic carbocycles. The number of hydrogen-bond donors (Lipinski definition) is 1. The van der Waals surface area contributed by atoms with E-state index in [1.165, 1.54) is 0 Å². The zero-order chi connectivity index (χ0) is 12.5. The molecule has 17 heavy (non-hydrogen) atoms. The van der Waals surface area contributed by atoms with Crippen molar-refractivity contribution in [1.82, 2.24) is 0 Å². The molecule has 0 atom stereocenters. The van der Waals surface area contributed by atoms with Crippen LogP contribution in [0.25, 0.3) is 0 Å². The number of aliphatic hydroxyl groups excluding tert-OH is 1. The van der Waals surface area contributed by atoms with Gasteiger partial charge in [0.2, 0.25) is 0 Å². The SMILES string of the molecule is CC/C=C\C/C=C/C=C1\CC(CCO)=CC1=O. The molecule has 1 N–H and O–H groups in total. The van der Waals surface area contributed by atoms with Gasteiger partial charge in [-0.25, -0.2) is 0 Å². The molecule has 0 radical (unpaired) electrons. The molecule has 0 heterocycles. The third kappa shape index (κ3) is 4.96. The summed E-state index contributed by atoms with van der Waals surface area (Å²) in [4.78, 5) is 11.6. The summed E-state index contributed by atoms with van der Waals surface area (Å²) in [7, 11) is 0. The van der Waals surface area contributed by atoms with Crippen LogP contribution in [0, 0.1) is 0 Å². The van der Waals surface area contributed by atoms with Crippen LogP contribution in [0.1, 0.15) is 32.6 Å². The second kappa shape index (κ2) is 7.80. The van der Waals surface area contributed by atoms with Gasteiger partial charge in [0.05, 0.1) is 0 Å². The average Bonchev–Trinajstić information content (AvgIpc) is 2.65. The maximum absolute atomic E-state index is 11.6. The lowest BCUT2D eigenvalue weighted by molar-refractivity contribution is -0.111. The van der Waals surface area contributed by atoms with Crippen LogP contribution in [0.5, 0.6) is 0 Å². The number of ketones is 1. The van der Waals surface area contributed by atoms with Gasteiger partial charge in [0.25, 0.3) is 0 Å². The van der Waals surface area contributed by atoms with E-state index in [4.69, 9.17) is 5.11 Å². The standard InChI is InChI=1S/C15H20O2/c1-2-3-4-5-6-7-8-14-11-13(9-10-16)12-15(14)17/h3-4,6-8,12,16H,2,5,9-11H2,1H3/b4-3-,7-6+,14-8+. The van der Waals surface area contributed by atoms with Gasteiger partial charge in [-0.1, -0.05) is 42.9 Å². The van der Waals surface area contributed by atoms with E-state index < -0.39 is 0 Å². The predicted molar refractivity (Wildman–Crippen MR) is 70.7 cm³/mol.